The van der Waals surface area contributed by atoms with E-state index < -0.39 is 5.97 Å². The van der Waals surface area contributed by atoms with E-state index in [0.29, 0.717) is 23.7 Å². The lowest BCUT2D eigenvalue weighted by Crippen LogP contribution is -2.11. The molecule has 0 saturated heterocycles. The van der Waals surface area contributed by atoms with Gasteiger partial charge in [0.05, 0.1) is 23.2 Å². The van der Waals surface area contributed by atoms with Crippen LogP contribution in [0.2, 0.25) is 0 Å². The number of fused-ring (bicyclic) bond motifs is 1. The van der Waals surface area contributed by atoms with Crippen molar-refractivity contribution in [1.82, 2.24) is 9.55 Å². The standard InChI is InChI=1S/C29H21BrN2O2/c30-25-16-8-7-13-22(25)20-32-27-18-10-9-17-26(27)31-28(32)19-24(21-11-3-1-4-12-21)29(33)34-23-14-5-2-6-15-23/h1-19H,20H2/b24-19-. The molecule has 0 aliphatic rings. The minimum Gasteiger partial charge on any atom is -0.423 e. The maximum atomic E-state index is 13.3. The van der Waals surface area contributed by atoms with Crippen molar-refractivity contribution in [3.63, 3.8) is 0 Å². The molecule has 0 aliphatic carbocycles. The Labute approximate surface area is 206 Å². The SMILES string of the molecule is O=C(Oc1ccccc1)/C(=C\c1nc2ccccc2n1Cc1ccccc1Br)c1ccccc1. The van der Waals surface area contributed by atoms with E-state index in [2.05, 4.69) is 26.6 Å². The number of para-hydroxylation sites is 3. The third-order valence-corrected chi connectivity index (χ3v) is 6.28. The Hall–Kier alpha value is -3.96. The Kier molecular flexibility index (Phi) is 6.36. The number of ether oxygens (including phenoxy) is 1. The molecular formula is C29H21BrN2O2. The molecule has 0 spiro atoms. The number of rotatable bonds is 6. The molecule has 4 nitrogen and oxygen atoms in total. The second-order valence-corrected chi connectivity index (χ2v) is 8.62. The van der Waals surface area contributed by atoms with Crippen molar-refractivity contribution in [1.29, 1.82) is 0 Å². The number of benzene rings is 4. The summed E-state index contributed by atoms with van der Waals surface area (Å²) in [5.74, 6) is 0.744. The van der Waals surface area contributed by atoms with Crippen molar-refractivity contribution in [2.45, 2.75) is 6.54 Å². The Morgan fingerprint density at radius 1 is 0.824 bits per heavy atom. The first-order valence-electron chi connectivity index (χ1n) is 10.9. The van der Waals surface area contributed by atoms with Crippen molar-refractivity contribution < 1.29 is 9.53 Å². The fraction of sp³-hybridized carbons (Fsp3) is 0.0345. The van der Waals surface area contributed by atoms with Gasteiger partial charge in [-0.25, -0.2) is 9.78 Å². The van der Waals surface area contributed by atoms with Gasteiger partial charge >= 0.3 is 5.97 Å². The average Bonchev–Trinajstić information content (AvgIpc) is 3.22. The molecule has 0 radical (unpaired) electrons. The lowest BCUT2D eigenvalue weighted by atomic mass is 10.1. The van der Waals surface area contributed by atoms with Crippen molar-refractivity contribution >= 4 is 44.6 Å². The largest absolute Gasteiger partial charge is 0.423 e. The Morgan fingerprint density at radius 2 is 1.47 bits per heavy atom. The predicted octanol–water partition coefficient (Wildman–Crippen LogP) is 6.99. The second kappa shape index (κ2) is 9.89. The summed E-state index contributed by atoms with van der Waals surface area (Å²) >= 11 is 3.66. The van der Waals surface area contributed by atoms with E-state index in [4.69, 9.17) is 9.72 Å². The fourth-order valence-corrected chi connectivity index (χ4v) is 4.24. The Balaban J connectivity index is 1.63. The molecule has 1 heterocycles. The number of aromatic nitrogens is 2. The molecule has 0 fully saturated rings. The van der Waals surface area contributed by atoms with Crippen LogP contribution in [0.1, 0.15) is 17.0 Å². The van der Waals surface area contributed by atoms with Crippen molar-refractivity contribution in [2.24, 2.45) is 0 Å². The summed E-state index contributed by atoms with van der Waals surface area (Å²) in [5, 5.41) is 0. The van der Waals surface area contributed by atoms with Crippen LogP contribution in [0.4, 0.5) is 0 Å². The lowest BCUT2D eigenvalue weighted by Gasteiger charge is -2.11. The molecule has 0 amide bonds. The van der Waals surface area contributed by atoms with E-state index in [1.165, 1.54) is 0 Å². The van der Waals surface area contributed by atoms with Crippen LogP contribution in [-0.2, 0) is 11.3 Å². The highest BCUT2D eigenvalue weighted by Crippen LogP contribution is 2.26. The zero-order valence-corrected chi connectivity index (χ0v) is 19.9. The highest BCUT2D eigenvalue weighted by Gasteiger charge is 2.18. The van der Waals surface area contributed by atoms with Gasteiger partial charge in [0.25, 0.3) is 0 Å². The van der Waals surface area contributed by atoms with Crippen LogP contribution in [0, 0.1) is 0 Å². The van der Waals surface area contributed by atoms with Gasteiger partial charge in [0, 0.05) is 4.47 Å². The predicted molar refractivity (Wildman–Crippen MR) is 139 cm³/mol. The summed E-state index contributed by atoms with van der Waals surface area (Å²) in [6, 6.07) is 34.7. The van der Waals surface area contributed by atoms with Gasteiger partial charge in [-0.2, -0.15) is 0 Å². The summed E-state index contributed by atoms with van der Waals surface area (Å²) < 4.78 is 8.84. The van der Waals surface area contributed by atoms with Crippen LogP contribution in [0.25, 0.3) is 22.7 Å². The number of carbonyl (C=O) groups is 1. The van der Waals surface area contributed by atoms with Gasteiger partial charge in [0.15, 0.2) is 0 Å². The summed E-state index contributed by atoms with van der Waals surface area (Å²) in [7, 11) is 0. The molecule has 5 rings (SSSR count). The van der Waals surface area contributed by atoms with Crippen molar-refractivity contribution in [3.05, 3.63) is 131 Å². The summed E-state index contributed by atoms with van der Waals surface area (Å²) in [5.41, 5.74) is 4.18. The average molecular weight is 509 g/mol. The van der Waals surface area contributed by atoms with E-state index in [-0.39, 0.29) is 0 Å². The van der Waals surface area contributed by atoms with E-state index >= 15 is 0 Å². The van der Waals surface area contributed by atoms with Crippen LogP contribution in [0.5, 0.6) is 5.75 Å². The van der Waals surface area contributed by atoms with Gasteiger partial charge < -0.3 is 9.30 Å². The Bertz CT molecular complexity index is 1470. The summed E-state index contributed by atoms with van der Waals surface area (Å²) in [6.45, 7) is 0.601. The minimum atomic E-state index is -0.433. The first kappa shape index (κ1) is 21.9. The second-order valence-electron chi connectivity index (χ2n) is 7.76. The summed E-state index contributed by atoms with van der Waals surface area (Å²) in [4.78, 5) is 18.2. The maximum absolute atomic E-state index is 13.3. The molecule has 0 unspecified atom stereocenters. The van der Waals surface area contributed by atoms with Crippen LogP contribution >= 0.6 is 15.9 Å². The van der Waals surface area contributed by atoms with Crippen molar-refractivity contribution in [3.8, 4) is 5.75 Å². The van der Waals surface area contributed by atoms with Gasteiger partial charge in [-0.15, -0.1) is 0 Å². The molecule has 0 atom stereocenters. The normalized spacial score (nSPS) is 11.5. The van der Waals surface area contributed by atoms with E-state index in [1.807, 2.05) is 97.1 Å². The van der Waals surface area contributed by atoms with E-state index in [9.17, 15) is 4.79 Å². The number of imidazole rings is 1. The molecule has 5 heteroatoms. The molecule has 0 saturated carbocycles. The van der Waals surface area contributed by atoms with Crippen LogP contribution in [0.15, 0.2) is 114 Å². The van der Waals surface area contributed by atoms with Crippen LogP contribution < -0.4 is 4.74 Å². The molecule has 0 N–H and O–H groups in total. The first-order valence-corrected chi connectivity index (χ1v) is 11.7. The molecule has 0 aliphatic heterocycles. The smallest absolute Gasteiger partial charge is 0.344 e. The van der Waals surface area contributed by atoms with Crippen LogP contribution in [0.3, 0.4) is 0 Å². The zero-order valence-electron chi connectivity index (χ0n) is 18.3. The molecule has 5 aromatic rings. The Morgan fingerprint density at radius 3 is 2.24 bits per heavy atom. The fourth-order valence-electron chi connectivity index (χ4n) is 3.82. The van der Waals surface area contributed by atoms with Gasteiger partial charge in [-0.1, -0.05) is 94.8 Å². The van der Waals surface area contributed by atoms with E-state index in [1.54, 1.807) is 12.1 Å². The third-order valence-electron chi connectivity index (χ3n) is 5.50. The molecule has 34 heavy (non-hydrogen) atoms. The summed E-state index contributed by atoms with van der Waals surface area (Å²) in [6.07, 6.45) is 1.82. The van der Waals surface area contributed by atoms with Gasteiger partial charge in [-0.3, -0.25) is 0 Å². The monoisotopic (exact) mass is 508 g/mol. The van der Waals surface area contributed by atoms with Gasteiger partial charge in [-0.05, 0) is 47.5 Å². The first-order chi connectivity index (χ1) is 16.7. The lowest BCUT2D eigenvalue weighted by molar-refractivity contribution is -0.127. The number of halogens is 1. The quantitative estimate of drug-likeness (QED) is 0.141. The van der Waals surface area contributed by atoms with Gasteiger partial charge in [0.1, 0.15) is 11.6 Å². The molecule has 166 valence electrons. The van der Waals surface area contributed by atoms with Crippen molar-refractivity contribution in [2.75, 3.05) is 0 Å². The number of hydrogen-bond acceptors (Lipinski definition) is 3. The highest BCUT2D eigenvalue weighted by atomic mass is 79.9. The molecule has 4 aromatic carbocycles. The molecular weight excluding hydrogens is 488 g/mol. The van der Waals surface area contributed by atoms with E-state index in [0.717, 1.165) is 26.6 Å². The number of esters is 1. The van der Waals surface area contributed by atoms with Crippen LogP contribution in [-0.4, -0.2) is 15.5 Å². The third kappa shape index (κ3) is 4.70. The molecule has 1 aromatic heterocycles. The van der Waals surface area contributed by atoms with Gasteiger partial charge in [0.2, 0.25) is 0 Å². The maximum Gasteiger partial charge on any atom is 0.344 e. The number of hydrogen-bond donors (Lipinski definition) is 0. The number of nitrogens with zero attached hydrogens (tertiary/aromatic N) is 2. The highest BCUT2D eigenvalue weighted by molar-refractivity contribution is 9.10. The molecule has 0 bridgehead atoms. The number of carbonyl (C=O) groups excluding carboxylic acids is 1. The zero-order chi connectivity index (χ0) is 23.3. The minimum absolute atomic E-state index is 0.433. The topological polar surface area (TPSA) is 44.1 Å².